The topological polar surface area (TPSA) is 82.4 Å². The number of methoxy groups -OCH3 is 1. The van der Waals surface area contributed by atoms with Gasteiger partial charge in [0.15, 0.2) is 6.61 Å². The van der Waals surface area contributed by atoms with Gasteiger partial charge in [-0.05, 0) is 25.1 Å². The minimum Gasteiger partial charge on any atom is -0.484 e. The van der Waals surface area contributed by atoms with Gasteiger partial charge in [0.25, 0.3) is 11.5 Å². The van der Waals surface area contributed by atoms with Gasteiger partial charge in [-0.2, -0.15) is 5.10 Å². The Morgan fingerprint density at radius 1 is 1.11 bits per heavy atom. The zero-order valence-corrected chi connectivity index (χ0v) is 16.0. The summed E-state index contributed by atoms with van der Waals surface area (Å²) < 4.78 is 11.9. The van der Waals surface area contributed by atoms with Gasteiger partial charge in [0.2, 0.25) is 0 Å². The Morgan fingerprint density at radius 3 is 2.54 bits per heavy atom. The standard InChI is InChI=1S/C21H23N3O4/c1-15-7-9-16(10-8-15)28-14-20(25)22-13-19-17-5-3-4-6-18(17)21(26)24(23-19)11-12-27-2/h3-10H,11-14H2,1-2H3,(H,22,25). The minimum atomic E-state index is -0.263. The van der Waals surface area contributed by atoms with Crippen LogP contribution in [0, 0.1) is 6.92 Å². The zero-order valence-electron chi connectivity index (χ0n) is 16.0. The molecule has 0 aliphatic heterocycles. The third-order valence-electron chi connectivity index (χ3n) is 4.30. The lowest BCUT2D eigenvalue weighted by Gasteiger charge is -2.12. The summed E-state index contributed by atoms with van der Waals surface area (Å²) in [5.74, 6) is 0.374. The van der Waals surface area contributed by atoms with Gasteiger partial charge in [-0.3, -0.25) is 9.59 Å². The number of rotatable bonds is 8. The van der Waals surface area contributed by atoms with E-state index in [9.17, 15) is 9.59 Å². The molecule has 0 saturated heterocycles. The van der Waals surface area contributed by atoms with E-state index < -0.39 is 0 Å². The SMILES string of the molecule is COCCn1nc(CNC(=O)COc2ccc(C)cc2)c2ccccc2c1=O. The van der Waals surface area contributed by atoms with Gasteiger partial charge in [0.1, 0.15) is 5.75 Å². The van der Waals surface area contributed by atoms with Gasteiger partial charge in [0.05, 0.1) is 30.8 Å². The van der Waals surface area contributed by atoms with E-state index in [1.54, 1.807) is 13.2 Å². The van der Waals surface area contributed by atoms with E-state index in [2.05, 4.69) is 10.4 Å². The zero-order chi connectivity index (χ0) is 19.9. The van der Waals surface area contributed by atoms with Crippen molar-refractivity contribution in [2.24, 2.45) is 0 Å². The third-order valence-corrected chi connectivity index (χ3v) is 4.30. The van der Waals surface area contributed by atoms with E-state index >= 15 is 0 Å². The van der Waals surface area contributed by atoms with Crippen molar-refractivity contribution in [2.75, 3.05) is 20.3 Å². The average Bonchev–Trinajstić information content (AvgIpc) is 2.72. The fourth-order valence-electron chi connectivity index (χ4n) is 2.78. The number of ether oxygens (including phenoxy) is 2. The molecule has 0 saturated carbocycles. The molecule has 0 aliphatic rings. The van der Waals surface area contributed by atoms with Crippen molar-refractivity contribution < 1.29 is 14.3 Å². The van der Waals surface area contributed by atoms with E-state index in [1.165, 1.54) is 4.68 Å². The molecule has 7 nitrogen and oxygen atoms in total. The number of nitrogens with one attached hydrogen (secondary N) is 1. The van der Waals surface area contributed by atoms with Gasteiger partial charge in [-0.15, -0.1) is 0 Å². The number of carbonyl (C=O) groups excluding carboxylic acids is 1. The highest BCUT2D eigenvalue weighted by Crippen LogP contribution is 2.13. The van der Waals surface area contributed by atoms with Crippen molar-refractivity contribution in [3.63, 3.8) is 0 Å². The van der Waals surface area contributed by atoms with Crippen molar-refractivity contribution in [1.82, 2.24) is 15.1 Å². The Morgan fingerprint density at radius 2 is 1.82 bits per heavy atom. The third kappa shape index (κ3) is 4.75. The lowest BCUT2D eigenvalue weighted by molar-refractivity contribution is -0.123. The molecule has 1 amide bonds. The number of amides is 1. The number of fused-ring (bicyclic) bond motifs is 1. The van der Waals surface area contributed by atoms with Crippen molar-refractivity contribution in [3.8, 4) is 5.75 Å². The maximum absolute atomic E-state index is 12.5. The molecule has 0 unspecified atom stereocenters. The fourth-order valence-corrected chi connectivity index (χ4v) is 2.78. The first kappa shape index (κ1) is 19.6. The van der Waals surface area contributed by atoms with E-state index in [0.717, 1.165) is 10.9 Å². The second-order valence-electron chi connectivity index (χ2n) is 6.39. The number of aryl methyl sites for hydroxylation is 1. The molecule has 0 spiro atoms. The molecule has 1 heterocycles. The average molecular weight is 381 g/mol. The highest BCUT2D eigenvalue weighted by Gasteiger charge is 2.11. The van der Waals surface area contributed by atoms with Crippen LogP contribution in [0.3, 0.4) is 0 Å². The van der Waals surface area contributed by atoms with Gasteiger partial charge in [-0.25, -0.2) is 4.68 Å². The number of hydrogen-bond acceptors (Lipinski definition) is 5. The predicted molar refractivity (Wildman–Crippen MR) is 106 cm³/mol. The molecule has 146 valence electrons. The molecule has 0 fully saturated rings. The number of carbonyl (C=O) groups is 1. The summed E-state index contributed by atoms with van der Waals surface area (Å²) in [6.07, 6.45) is 0. The van der Waals surface area contributed by atoms with E-state index in [-0.39, 0.29) is 24.6 Å². The van der Waals surface area contributed by atoms with Gasteiger partial charge < -0.3 is 14.8 Å². The Balaban J connectivity index is 1.70. The van der Waals surface area contributed by atoms with Crippen LogP contribution in [-0.4, -0.2) is 36.0 Å². The molecule has 28 heavy (non-hydrogen) atoms. The Hall–Kier alpha value is -3.19. The first-order chi connectivity index (χ1) is 13.6. The minimum absolute atomic E-state index is 0.0929. The summed E-state index contributed by atoms with van der Waals surface area (Å²) in [7, 11) is 1.57. The van der Waals surface area contributed by atoms with Crippen LogP contribution in [0.4, 0.5) is 0 Å². The van der Waals surface area contributed by atoms with Crippen molar-refractivity contribution in [2.45, 2.75) is 20.0 Å². The normalized spacial score (nSPS) is 10.8. The highest BCUT2D eigenvalue weighted by atomic mass is 16.5. The first-order valence-corrected chi connectivity index (χ1v) is 9.02. The number of benzene rings is 2. The number of hydrogen-bond donors (Lipinski definition) is 1. The van der Waals surface area contributed by atoms with Crippen LogP contribution in [0.5, 0.6) is 5.75 Å². The second kappa shape index (κ2) is 9.14. The van der Waals surface area contributed by atoms with Gasteiger partial charge in [0, 0.05) is 12.5 Å². The summed E-state index contributed by atoms with van der Waals surface area (Å²) >= 11 is 0. The molecule has 3 rings (SSSR count). The van der Waals surface area contributed by atoms with E-state index in [0.29, 0.717) is 30.0 Å². The quantitative estimate of drug-likeness (QED) is 0.646. The van der Waals surface area contributed by atoms with Crippen LogP contribution >= 0.6 is 0 Å². The van der Waals surface area contributed by atoms with Crippen molar-refractivity contribution in [3.05, 3.63) is 70.1 Å². The summed E-state index contributed by atoms with van der Waals surface area (Å²) in [5, 5.41) is 8.50. The Labute approximate surface area is 162 Å². The van der Waals surface area contributed by atoms with Crippen LogP contribution in [0.25, 0.3) is 10.8 Å². The maximum atomic E-state index is 12.5. The summed E-state index contributed by atoms with van der Waals surface area (Å²) in [6.45, 7) is 2.81. The monoisotopic (exact) mass is 381 g/mol. The molecular weight excluding hydrogens is 358 g/mol. The summed E-state index contributed by atoms with van der Waals surface area (Å²) in [4.78, 5) is 24.7. The van der Waals surface area contributed by atoms with Crippen molar-refractivity contribution >= 4 is 16.7 Å². The Bertz CT molecular complexity index is 1010. The Kier molecular flexibility index (Phi) is 6.39. The van der Waals surface area contributed by atoms with Gasteiger partial charge >= 0.3 is 0 Å². The number of nitrogens with zero attached hydrogens (tertiary/aromatic N) is 2. The highest BCUT2D eigenvalue weighted by molar-refractivity contribution is 5.84. The van der Waals surface area contributed by atoms with Crippen molar-refractivity contribution in [1.29, 1.82) is 0 Å². The maximum Gasteiger partial charge on any atom is 0.274 e. The second-order valence-corrected chi connectivity index (χ2v) is 6.39. The molecule has 0 radical (unpaired) electrons. The molecule has 2 aromatic carbocycles. The molecule has 0 aliphatic carbocycles. The largest absolute Gasteiger partial charge is 0.484 e. The molecule has 1 N–H and O–H groups in total. The molecule has 3 aromatic rings. The van der Waals surface area contributed by atoms with Crippen LogP contribution in [0.2, 0.25) is 0 Å². The van der Waals surface area contributed by atoms with E-state index in [1.807, 2.05) is 49.4 Å². The predicted octanol–water partition coefficient (Wildman–Crippen LogP) is 2.05. The lowest BCUT2D eigenvalue weighted by atomic mass is 10.1. The molecule has 7 heteroatoms. The molecular formula is C21H23N3O4. The summed E-state index contributed by atoms with van der Waals surface area (Å²) in [6, 6.07) is 14.7. The van der Waals surface area contributed by atoms with E-state index in [4.69, 9.17) is 9.47 Å². The van der Waals surface area contributed by atoms with Crippen LogP contribution in [0.1, 0.15) is 11.3 Å². The first-order valence-electron chi connectivity index (χ1n) is 9.02. The van der Waals surface area contributed by atoms with Crippen LogP contribution < -0.4 is 15.6 Å². The number of aromatic nitrogens is 2. The van der Waals surface area contributed by atoms with Gasteiger partial charge in [-0.1, -0.05) is 35.9 Å². The molecule has 1 aromatic heterocycles. The fraction of sp³-hybridized carbons (Fsp3) is 0.286. The molecule has 0 atom stereocenters. The lowest BCUT2D eigenvalue weighted by Crippen LogP contribution is -2.31. The smallest absolute Gasteiger partial charge is 0.274 e. The molecule has 0 bridgehead atoms. The van der Waals surface area contributed by atoms with Crippen LogP contribution in [0.15, 0.2) is 53.3 Å². The summed E-state index contributed by atoms with van der Waals surface area (Å²) in [5.41, 5.74) is 1.57. The van der Waals surface area contributed by atoms with Crippen LogP contribution in [-0.2, 0) is 22.6 Å².